The molecule has 0 saturated heterocycles. The Bertz CT molecular complexity index is 341. The Morgan fingerprint density at radius 2 is 2.13 bits per heavy atom. The minimum absolute atomic E-state index is 0.0544. The number of carbonyl (C=O) groups excluding carboxylic acids is 1. The SMILES string of the molecule is COCC(=O)CN(C)c1ccccc1F. The van der Waals surface area contributed by atoms with Crippen molar-refractivity contribution in [2.45, 2.75) is 0 Å². The molecule has 0 atom stereocenters. The van der Waals surface area contributed by atoms with Gasteiger partial charge in [0.1, 0.15) is 12.4 Å². The summed E-state index contributed by atoms with van der Waals surface area (Å²) in [6.45, 7) is 0.202. The lowest BCUT2D eigenvalue weighted by Gasteiger charge is -2.18. The van der Waals surface area contributed by atoms with E-state index >= 15 is 0 Å². The number of Topliss-reactive ketones (excluding diaryl/α,β-unsaturated/α-hetero) is 1. The van der Waals surface area contributed by atoms with Crippen molar-refractivity contribution in [3.05, 3.63) is 30.1 Å². The van der Waals surface area contributed by atoms with Crippen molar-refractivity contribution in [3.8, 4) is 0 Å². The number of ether oxygens (including phenoxy) is 1. The molecular formula is C11H14FNO2. The number of anilines is 1. The molecule has 0 heterocycles. The van der Waals surface area contributed by atoms with Gasteiger partial charge in [-0.25, -0.2) is 4.39 Å². The number of rotatable bonds is 5. The van der Waals surface area contributed by atoms with Gasteiger partial charge in [-0.15, -0.1) is 0 Å². The topological polar surface area (TPSA) is 29.5 Å². The molecule has 0 radical (unpaired) electrons. The zero-order valence-electron chi connectivity index (χ0n) is 8.87. The van der Waals surface area contributed by atoms with Gasteiger partial charge in [0.25, 0.3) is 0 Å². The molecule has 0 spiro atoms. The number of halogens is 1. The first-order valence-electron chi connectivity index (χ1n) is 4.61. The summed E-state index contributed by atoms with van der Waals surface area (Å²) >= 11 is 0. The number of benzene rings is 1. The summed E-state index contributed by atoms with van der Waals surface area (Å²) < 4.78 is 18.0. The summed E-state index contributed by atoms with van der Waals surface area (Å²) in [7, 11) is 3.13. The van der Waals surface area contributed by atoms with Crippen molar-refractivity contribution in [3.63, 3.8) is 0 Å². The normalized spacial score (nSPS) is 10.1. The Labute approximate surface area is 88.5 Å². The smallest absolute Gasteiger partial charge is 0.177 e. The van der Waals surface area contributed by atoms with Crippen LogP contribution in [0.2, 0.25) is 0 Å². The van der Waals surface area contributed by atoms with Crippen LogP contribution >= 0.6 is 0 Å². The number of nitrogens with zero attached hydrogens (tertiary/aromatic N) is 1. The third kappa shape index (κ3) is 3.32. The predicted octanol–water partition coefficient (Wildman–Crippen LogP) is 1.48. The highest BCUT2D eigenvalue weighted by molar-refractivity contribution is 5.84. The zero-order chi connectivity index (χ0) is 11.3. The summed E-state index contributed by atoms with van der Waals surface area (Å²) in [5.74, 6) is -0.409. The van der Waals surface area contributed by atoms with Crippen molar-refractivity contribution in [1.82, 2.24) is 0 Å². The van der Waals surface area contributed by atoms with E-state index < -0.39 is 0 Å². The van der Waals surface area contributed by atoms with Gasteiger partial charge in [0, 0.05) is 14.2 Å². The Hall–Kier alpha value is -1.42. The number of methoxy groups -OCH3 is 1. The lowest BCUT2D eigenvalue weighted by Crippen LogP contribution is -2.28. The van der Waals surface area contributed by atoms with Crippen LogP contribution in [0, 0.1) is 5.82 Å². The molecule has 0 aromatic heterocycles. The van der Waals surface area contributed by atoms with E-state index in [0.717, 1.165) is 0 Å². The Morgan fingerprint density at radius 3 is 2.73 bits per heavy atom. The van der Waals surface area contributed by atoms with E-state index in [2.05, 4.69) is 0 Å². The molecule has 0 aliphatic carbocycles. The standard InChI is InChI=1S/C11H14FNO2/c1-13(7-9(14)8-15-2)11-6-4-3-5-10(11)12/h3-6H,7-8H2,1-2H3. The summed E-state index contributed by atoms with van der Waals surface area (Å²) in [4.78, 5) is 12.8. The Morgan fingerprint density at radius 1 is 1.47 bits per heavy atom. The van der Waals surface area contributed by atoms with Crippen LogP contribution < -0.4 is 4.90 Å². The first kappa shape index (κ1) is 11.7. The van der Waals surface area contributed by atoms with Crippen molar-refractivity contribution >= 4 is 11.5 Å². The maximum Gasteiger partial charge on any atom is 0.177 e. The average molecular weight is 211 g/mol. The average Bonchev–Trinajstić information content (AvgIpc) is 2.18. The van der Waals surface area contributed by atoms with E-state index in [-0.39, 0.29) is 24.8 Å². The van der Waals surface area contributed by atoms with Gasteiger partial charge in [0.05, 0.1) is 12.2 Å². The number of ketones is 1. The van der Waals surface area contributed by atoms with Crippen LogP contribution in [0.15, 0.2) is 24.3 Å². The minimum Gasteiger partial charge on any atom is -0.377 e. The molecule has 15 heavy (non-hydrogen) atoms. The molecular weight excluding hydrogens is 197 g/mol. The van der Waals surface area contributed by atoms with E-state index in [9.17, 15) is 9.18 Å². The minimum atomic E-state index is -0.329. The van der Waals surface area contributed by atoms with E-state index in [1.807, 2.05) is 0 Å². The van der Waals surface area contributed by atoms with Crippen molar-refractivity contribution < 1.29 is 13.9 Å². The van der Waals surface area contributed by atoms with Gasteiger partial charge in [-0.05, 0) is 12.1 Å². The molecule has 3 nitrogen and oxygen atoms in total. The molecule has 1 aromatic carbocycles. The van der Waals surface area contributed by atoms with Gasteiger partial charge in [-0.1, -0.05) is 12.1 Å². The van der Waals surface area contributed by atoms with E-state index in [1.54, 1.807) is 30.1 Å². The molecule has 0 fully saturated rings. The van der Waals surface area contributed by atoms with Crippen LogP contribution in [-0.4, -0.2) is 33.1 Å². The summed E-state index contributed by atoms with van der Waals surface area (Å²) in [6, 6.07) is 6.35. The quantitative estimate of drug-likeness (QED) is 0.738. The lowest BCUT2D eigenvalue weighted by atomic mass is 10.2. The van der Waals surface area contributed by atoms with E-state index in [0.29, 0.717) is 5.69 Å². The summed E-state index contributed by atoms with van der Waals surface area (Å²) in [5, 5.41) is 0. The van der Waals surface area contributed by atoms with E-state index in [4.69, 9.17) is 4.74 Å². The lowest BCUT2D eigenvalue weighted by molar-refractivity contribution is -0.121. The van der Waals surface area contributed by atoms with Gasteiger partial charge >= 0.3 is 0 Å². The molecule has 4 heteroatoms. The highest BCUT2D eigenvalue weighted by Crippen LogP contribution is 2.16. The molecule has 0 aliphatic heterocycles. The van der Waals surface area contributed by atoms with Gasteiger partial charge < -0.3 is 9.64 Å². The fourth-order valence-corrected chi connectivity index (χ4v) is 1.32. The molecule has 0 N–H and O–H groups in total. The molecule has 1 aromatic rings. The third-order valence-corrected chi connectivity index (χ3v) is 1.98. The predicted molar refractivity (Wildman–Crippen MR) is 56.6 cm³/mol. The van der Waals surface area contributed by atoms with Gasteiger partial charge in [-0.2, -0.15) is 0 Å². The largest absolute Gasteiger partial charge is 0.377 e. The molecule has 0 bridgehead atoms. The molecule has 0 amide bonds. The van der Waals surface area contributed by atoms with E-state index in [1.165, 1.54) is 13.2 Å². The zero-order valence-corrected chi connectivity index (χ0v) is 8.87. The first-order valence-corrected chi connectivity index (χ1v) is 4.61. The summed E-state index contributed by atoms with van der Waals surface area (Å²) in [5.41, 5.74) is 0.418. The fraction of sp³-hybridized carbons (Fsp3) is 0.364. The number of hydrogen-bond acceptors (Lipinski definition) is 3. The number of carbonyl (C=O) groups is 1. The Kier molecular flexibility index (Phi) is 4.24. The Balaban J connectivity index is 2.65. The molecule has 0 saturated carbocycles. The third-order valence-electron chi connectivity index (χ3n) is 1.98. The van der Waals surface area contributed by atoms with Crippen LogP contribution in [0.25, 0.3) is 0 Å². The fourth-order valence-electron chi connectivity index (χ4n) is 1.32. The highest BCUT2D eigenvalue weighted by Gasteiger charge is 2.10. The van der Waals surface area contributed by atoms with Crippen LogP contribution in [0.4, 0.5) is 10.1 Å². The first-order chi connectivity index (χ1) is 7.15. The van der Waals surface area contributed by atoms with Crippen molar-refractivity contribution in [2.75, 3.05) is 32.2 Å². The maximum absolute atomic E-state index is 13.3. The number of likely N-dealkylation sites (N-methyl/N-ethyl adjacent to an activating group) is 1. The van der Waals surface area contributed by atoms with Gasteiger partial charge in [0.2, 0.25) is 0 Å². The summed E-state index contributed by atoms with van der Waals surface area (Å²) in [6.07, 6.45) is 0. The second kappa shape index (κ2) is 5.46. The maximum atomic E-state index is 13.3. The van der Waals surface area contributed by atoms with Crippen LogP contribution in [-0.2, 0) is 9.53 Å². The van der Waals surface area contributed by atoms with Crippen LogP contribution in [0.5, 0.6) is 0 Å². The van der Waals surface area contributed by atoms with Crippen LogP contribution in [0.3, 0.4) is 0 Å². The molecule has 0 unspecified atom stereocenters. The second-order valence-electron chi connectivity index (χ2n) is 3.28. The highest BCUT2D eigenvalue weighted by atomic mass is 19.1. The van der Waals surface area contributed by atoms with Crippen molar-refractivity contribution in [1.29, 1.82) is 0 Å². The number of hydrogen-bond donors (Lipinski definition) is 0. The van der Waals surface area contributed by atoms with Gasteiger partial charge in [0.15, 0.2) is 5.78 Å². The van der Waals surface area contributed by atoms with Crippen molar-refractivity contribution in [2.24, 2.45) is 0 Å². The molecule has 0 aliphatic rings. The van der Waals surface area contributed by atoms with Gasteiger partial charge in [-0.3, -0.25) is 4.79 Å². The number of para-hydroxylation sites is 1. The second-order valence-corrected chi connectivity index (χ2v) is 3.28. The molecule has 1 rings (SSSR count). The molecule has 82 valence electrons. The van der Waals surface area contributed by atoms with Crippen LogP contribution in [0.1, 0.15) is 0 Å². The monoisotopic (exact) mass is 211 g/mol.